The van der Waals surface area contributed by atoms with Crippen molar-refractivity contribution in [3.05, 3.63) is 43.8 Å². The van der Waals surface area contributed by atoms with E-state index in [2.05, 4.69) is 4.98 Å². The lowest BCUT2D eigenvalue weighted by atomic mass is 10.1. The third kappa shape index (κ3) is 5.85. The normalized spacial score (nSPS) is 20.8. The Balaban J connectivity index is 2.31. The molecule has 6 N–H and O–H groups in total. The molecule has 0 amide bonds. The fraction of sp³-hybridized carbons (Fsp3) is 0.579. The zero-order chi connectivity index (χ0) is 23.5. The van der Waals surface area contributed by atoms with Crippen molar-refractivity contribution in [1.29, 1.82) is 0 Å². The Labute approximate surface area is 182 Å². The van der Waals surface area contributed by atoms with Crippen molar-refractivity contribution in [3.63, 3.8) is 0 Å². The molecule has 1 unspecified atom stereocenters. The average molecular weight is 457 g/mol. The summed E-state index contributed by atoms with van der Waals surface area (Å²) in [7, 11) is 0. The Morgan fingerprint density at radius 3 is 2.29 bits per heavy atom. The van der Waals surface area contributed by atoms with E-state index in [9.17, 15) is 24.3 Å². The van der Waals surface area contributed by atoms with Crippen LogP contribution in [0, 0.1) is 11.8 Å². The van der Waals surface area contributed by atoms with E-state index in [1.54, 1.807) is 27.7 Å². The Morgan fingerprint density at radius 1 is 1.16 bits per heavy atom. The third-order valence-electron chi connectivity index (χ3n) is 4.74. The molecule has 31 heavy (non-hydrogen) atoms. The van der Waals surface area contributed by atoms with Crippen molar-refractivity contribution in [3.8, 4) is 0 Å². The molecule has 0 saturated heterocycles. The summed E-state index contributed by atoms with van der Waals surface area (Å²) in [6, 6.07) is -0.679. The first-order valence-electron chi connectivity index (χ1n) is 9.72. The molecule has 2 heterocycles. The van der Waals surface area contributed by atoms with E-state index in [0.29, 0.717) is 0 Å². The molecule has 172 valence electrons. The average Bonchev–Trinajstić information content (AvgIpc) is 3.00. The molecule has 0 spiro atoms. The maximum Gasteiger partial charge on any atom is 0.329 e. The van der Waals surface area contributed by atoms with E-state index >= 15 is 0 Å². The summed E-state index contributed by atoms with van der Waals surface area (Å²) in [4.78, 5) is 50.3. The van der Waals surface area contributed by atoms with Gasteiger partial charge < -0.3 is 26.0 Å². The molecule has 0 fully saturated rings. The highest BCUT2D eigenvalue weighted by Gasteiger charge is 2.40. The molecule has 11 nitrogen and oxygen atoms in total. The summed E-state index contributed by atoms with van der Waals surface area (Å²) in [5.74, 6) is -1.98. The highest BCUT2D eigenvalue weighted by Crippen LogP contribution is 2.44. The van der Waals surface area contributed by atoms with Gasteiger partial charge in [-0.05, 0) is 11.8 Å². The van der Waals surface area contributed by atoms with Crippen LogP contribution in [0.5, 0.6) is 0 Å². The number of esters is 2. The van der Waals surface area contributed by atoms with Crippen LogP contribution in [0.3, 0.4) is 0 Å². The van der Waals surface area contributed by atoms with Crippen LogP contribution in [0.4, 0.5) is 0 Å². The quantitative estimate of drug-likeness (QED) is 0.369. The second kappa shape index (κ2) is 10.3. The van der Waals surface area contributed by atoms with E-state index in [1.165, 1.54) is 6.20 Å². The molecule has 0 bridgehead atoms. The lowest BCUT2D eigenvalue weighted by molar-refractivity contribution is -0.145. The van der Waals surface area contributed by atoms with Crippen molar-refractivity contribution in [2.24, 2.45) is 23.3 Å². The molecule has 1 aliphatic heterocycles. The first-order chi connectivity index (χ1) is 14.4. The van der Waals surface area contributed by atoms with Crippen molar-refractivity contribution in [2.75, 3.05) is 6.61 Å². The summed E-state index contributed by atoms with van der Waals surface area (Å²) < 4.78 is 11.7. The lowest BCUT2D eigenvalue weighted by Crippen LogP contribution is -2.39. The second-order valence-electron chi connectivity index (χ2n) is 7.83. The van der Waals surface area contributed by atoms with Gasteiger partial charge in [-0.3, -0.25) is 19.1 Å². The van der Waals surface area contributed by atoms with Gasteiger partial charge in [0, 0.05) is 12.3 Å². The van der Waals surface area contributed by atoms with E-state index < -0.39 is 46.7 Å². The largest absolute Gasteiger partial charge is 0.459 e. The van der Waals surface area contributed by atoms with Gasteiger partial charge in [-0.2, -0.15) is 0 Å². The van der Waals surface area contributed by atoms with Crippen molar-refractivity contribution in [1.82, 2.24) is 9.55 Å². The summed E-state index contributed by atoms with van der Waals surface area (Å²) in [6.07, 6.45) is -0.227. The first-order valence-corrected chi connectivity index (χ1v) is 10.6. The molecule has 1 aromatic heterocycles. The number of carbonyl (C=O) groups excluding carboxylic acids is 2. The fourth-order valence-electron chi connectivity index (χ4n) is 2.58. The van der Waals surface area contributed by atoms with E-state index in [4.69, 9.17) is 20.9 Å². The molecular weight excluding hydrogens is 428 g/mol. The molecule has 0 saturated carbocycles. The van der Waals surface area contributed by atoms with Crippen LogP contribution in [0.15, 0.2) is 32.5 Å². The van der Waals surface area contributed by atoms with Gasteiger partial charge in [0.1, 0.15) is 30.2 Å². The predicted octanol–water partition coefficient (Wildman–Crippen LogP) is -0.592. The molecule has 1 aliphatic rings. The van der Waals surface area contributed by atoms with Gasteiger partial charge in [0.05, 0.1) is 4.91 Å². The number of nitrogens with zero attached hydrogens (tertiary/aromatic N) is 1. The number of hydrogen-bond acceptors (Lipinski definition) is 10. The number of aromatic amines is 1. The smallest absolute Gasteiger partial charge is 0.329 e. The SMILES string of the molecule is CC(C)[C@@H](N)C(=O)OCC1=C(OC(=O)[C@H](N)C(C)C)C(O)[C@H](n2ccc(=O)[nH]c2=O)S1. The van der Waals surface area contributed by atoms with Gasteiger partial charge >= 0.3 is 17.6 Å². The predicted molar refractivity (Wildman–Crippen MR) is 114 cm³/mol. The fourth-order valence-corrected chi connectivity index (χ4v) is 3.80. The Bertz CT molecular complexity index is 968. The minimum Gasteiger partial charge on any atom is -0.459 e. The van der Waals surface area contributed by atoms with Crippen molar-refractivity contribution >= 4 is 23.7 Å². The standard InChI is InChI=1S/C19H28N4O7S/c1-8(2)12(20)17(26)29-7-10-15(30-18(27)13(21)9(3)4)14(25)16(31-10)23-6-5-11(24)22-19(23)28/h5-6,8-9,12-14,16,25H,7,20-21H2,1-4H3,(H,22,24,28)/t12-,13-,14?,16-/m1/s1. The van der Waals surface area contributed by atoms with Crippen LogP contribution >= 0.6 is 11.8 Å². The number of aromatic nitrogens is 2. The monoisotopic (exact) mass is 456 g/mol. The summed E-state index contributed by atoms with van der Waals surface area (Å²) in [5.41, 5.74) is 10.3. The Kier molecular flexibility index (Phi) is 8.23. The maximum absolute atomic E-state index is 12.4. The van der Waals surface area contributed by atoms with Crippen molar-refractivity contribution < 1.29 is 24.2 Å². The van der Waals surface area contributed by atoms with Gasteiger partial charge in [-0.25, -0.2) is 9.59 Å². The molecule has 12 heteroatoms. The Hall–Kier alpha value is -2.41. The number of thioether (sulfide) groups is 1. The minimum absolute atomic E-state index is 0.155. The summed E-state index contributed by atoms with van der Waals surface area (Å²) >= 11 is 0.959. The third-order valence-corrected chi connectivity index (χ3v) is 6.07. The topological polar surface area (TPSA) is 180 Å². The second-order valence-corrected chi connectivity index (χ2v) is 9.04. The number of nitrogens with one attached hydrogen (secondary N) is 1. The number of aliphatic hydroxyl groups excluding tert-OH is 1. The van der Waals surface area contributed by atoms with Gasteiger partial charge in [0.2, 0.25) is 0 Å². The molecule has 4 atom stereocenters. The van der Waals surface area contributed by atoms with Gasteiger partial charge in [0.25, 0.3) is 5.56 Å². The number of carbonyl (C=O) groups is 2. The molecule has 1 aromatic rings. The number of aliphatic hydroxyl groups is 1. The van der Waals surface area contributed by atoms with Gasteiger partial charge in [-0.1, -0.05) is 39.5 Å². The zero-order valence-electron chi connectivity index (χ0n) is 17.7. The van der Waals surface area contributed by atoms with E-state index in [0.717, 1.165) is 22.4 Å². The van der Waals surface area contributed by atoms with Crippen LogP contribution in [0.2, 0.25) is 0 Å². The number of rotatable bonds is 8. The van der Waals surface area contributed by atoms with Gasteiger partial charge in [0.15, 0.2) is 5.76 Å². The number of hydrogen-bond donors (Lipinski definition) is 4. The highest BCUT2D eigenvalue weighted by molar-refractivity contribution is 8.03. The van der Waals surface area contributed by atoms with Crippen LogP contribution in [-0.4, -0.2) is 51.4 Å². The van der Waals surface area contributed by atoms with Crippen LogP contribution in [0.1, 0.15) is 33.1 Å². The lowest BCUT2D eigenvalue weighted by Gasteiger charge is -2.20. The molecular formula is C19H28N4O7S. The molecule has 2 rings (SSSR count). The molecule has 0 aromatic carbocycles. The summed E-state index contributed by atoms with van der Waals surface area (Å²) in [5, 5.41) is 9.82. The number of nitrogens with two attached hydrogens (primary N) is 2. The van der Waals surface area contributed by atoms with Crippen molar-refractivity contribution in [2.45, 2.75) is 51.3 Å². The first kappa shape index (κ1) is 24.9. The maximum atomic E-state index is 12.4. The zero-order valence-corrected chi connectivity index (χ0v) is 18.5. The minimum atomic E-state index is -1.44. The van der Waals surface area contributed by atoms with E-state index in [1.807, 2.05) is 0 Å². The summed E-state index contributed by atoms with van der Waals surface area (Å²) in [6.45, 7) is 6.67. The molecule has 0 aliphatic carbocycles. The number of H-pyrrole nitrogens is 1. The van der Waals surface area contributed by atoms with Crippen LogP contribution in [-0.2, 0) is 19.1 Å². The Morgan fingerprint density at radius 2 is 1.74 bits per heavy atom. The number of ether oxygens (including phenoxy) is 2. The van der Waals surface area contributed by atoms with Gasteiger partial charge in [-0.15, -0.1) is 0 Å². The van der Waals surface area contributed by atoms with Crippen LogP contribution < -0.4 is 22.7 Å². The molecule has 0 radical (unpaired) electrons. The van der Waals surface area contributed by atoms with Crippen LogP contribution in [0.25, 0.3) is 0 Å². The highest BCUT2D eigenvalue weighted by atomic mass is 32.2. The van der Waals surface area contributed by atoms with E-state index in [-0.39, 0.29) is 29.1 Å².